The average Bonchev–Trinajstić information content (AvgIpc) is 3.28. The van der Waals surface area contributed by atoms with Crippen molar-refractivity contribution in [2.75, 3.05) is 6.54 Å². The van der Waals surface area contributed by atoms with Crippen molar-refractivity contribution in [3.63, 3.8) is 0 Å². The first kappa shape index (κ1) is 16.1. The second-order valence-electron chi connectivity index (χ2n) is 6.32. The van der Waals surface area contributed by atoms with E-state index in [0.717, 1.165) is 42.5 Å². The van der Waals surface area contributed by atoms with Gasteiger partial charge in [-0.15, -0.1) is 5.10 Å². The van der Waals surface area contributed by atoms with Crippen LogP contribution in [0.5, 0.6) is 0 Å². The highest BCUT2D eigenvalue weighted by atomic mass is 35.5. The molecule has 1 amide bonds. The van der Waals surface area contributed by atoms with E-state index in [1.807, 2.05) is 59.0 Å². The molecular weight excluding hydrogens is 336 g/mol. The predicted octanol–water partition coefficient (Wildman–Crippen LogP) is 4.08. The Hall–Kier alpha value is -2.40. The van der Waals surface area contributed by atoms with Gasteiger partial charge >= 0.3 is 0 Å². The number of fused-ring (bicyclic) bond motifs is 1. The first-order valence-electron chi connectivity index (χ1n) is 8.57. The zero-order valence-corrected chi connectivity index (χ0v) is 14.8. The van der Waals surface area contributed by atoms with Crippen LogP contribution < -0.4 is 0 Å². The van der Waals surface area contributed by atoms with Crippen LogP contribution in [0.2, 0.25) is 5.02 Å². The van der Waals surface area contributed by atoms with Gasteiger partial charge in [-0.2, -0.15) is 0 Å². The molecule has 0 bridgehead atoms. The lowest BCUT2D eigenvalue weighted by atomic mass is 10.0. The van der Waals surface area contributed by atoms with E-state index < -0.39 is 0 Å². The third kappa shape index (κ3) is 2.89. The van der Waals surface area contributed by atoms with Crippen molar-refractivity contribution in [3.05, 3.63) is 58.6 Å². The highest BCUT2D eigenvalue weighted by Gasteiger charge is 2.30. The van der Waals surface area contributed by atoms with Crippen LogP contribution >= 0.6 is 11.6 Å². The molecule has 2 heterocycles. The number of benzene rings is 2. The third-order valence-electron chi connectivity index (χ3n) is 4.83. The Balaban J connectivity index is 1.64. The lowest BCUT2D eigenvalue weighted by Crippen LogP contribution is -2.30. The van der Waals surface area contributed by atoms with Gasteiger partial charge in [0, 0.05) is 23.7 Å². The van der Waals surface area contributed by atoms with E-state index in [4.69, 9.17) is 11.6 Å². The molecule has 25 heavy (non-hydrogen) atoms. The van der Waals surface area contributed by atoms with E-state index in [0.29, 0.717) is 10.6 Å². The number of aryl methyl sites for hydroxylation is 1. The quantitative estimate of drug-likeness (QED) is 0.712. The van der Waals surface area contributed by atoms with Crippen LogP contribution in [0.1, 0.15) is 41.7 Å². The highest BCUT2D eigenvalue weighted by Crippen LogP contribution is 2.33. The number of aromatic nitrogens is 3. The minimum Gasteiger partial charge on any atom is -0.332 e. The number of likely N-dealkylation sites (tertiary alicyclic amines) is 1. The maximum atomic E-state index is 13.1. The minimum absolute atomic E-state index is 0.0467. The van der Waals surface area contributed by atoms with E-state index in [1.165, 1.54) is 0 Å². The molecule has 1 aliphatic heterocycles. The van der Waals surface area contributed by atoms with Crippen LogP contribution in [0, 0.1) is 0 Å². The normalized spacial score (nSPS) is 17.4. The summed E-state index contributed by atoms with van der Waals surface area (Å²) in [7, 11) is 0. The first-order valence-corrected chi connectivity index (χ1v) is 8.95. The van der Waals surface area contributed by atoms with E-state index in [9.17, 15) is 4.79 Å². The number of hydrogen-bond donors (Lipinski definition) is 0. The van der Waals surface area contributed by atoms with Crippen molar-refractivity contribution in [1.29, 1.82) is 0 Å². The Morgan fingerprint density at radius 1 is 1.24 bits per heavy atom. The number of halogens is 1. The van der Waals surface area contributed by atoms with Crippen LogP contribution in [0.4, 0.5) is 0 Å². The first-order chi connectivity index (χ1) is 12.2. The molecule has 0 spiro atoms. The summed E-state index contributed by atoms with van der Waals surface area (Å²) in [4.78, 5) is 15.0. The van der Waals surface area contributed by atoms with Crippen molar-refractivity contribution in [1.82, 2.24) is 19.9 Å². The molecule has 1 atom stereocenters. The van der Waals surface area contributed by atoms with Crippen LogP contribution in [-0.2, 0) is 6.54 Å². The maximum Gasteiger partial charge on any atom is 0.254 e. The van der Waals surface area contributed by atoms with Crippen molar-refractivity contribution in [2.24, 2.45) is 0 Å². The molecule has 4 rings (SSSR count). The SMILES string of the molecule is CCn1nnc2cc(C(=O)N3CCC[C@@H]3c3ccc(Cl)cc3)ccc21. The van der Waals surface area contributed by atoms with Gasteiger partial charge in [0.1, 0.15) is 5.52 Å². The number of carbonyl (C=O) groups excluding carboxylic acids is 1. The summed E-state index contributed by atoms with van der Waals surface area (Å²) in [6, 6.07) is 13.5. The Morgan fingerprint density at radius 3 is 2.80 bits per heavy atom. The molecule has 0 unspecified atom stereocenters. The van der Waals surface area contributed by atoms with E-state index in [2.05, 4.69) is 10.3 Å². The molecule has 0 N–H and O–H groups in total. The topological polar surface area (TPSA) is 51.0 Å². The monoisotopic (exact) mass is 354 g/mol. The van der Waals surface area contributed by atoms with Gasteiger partial charge in [-0.25, -0.2) is 4.68 Å². The largest absolute Gasteiger partial charge is 0.332 e. The van der Waals surface area contributed by atoms with Crippen LogP contribution in [0.25, 0.3) is 11.0 Å². The smallest absolute Gasteiger partial charge is 0.254 e. The Bertz CT molecular complexity index is 919. The molecule has 3 aromatic rings. The molecule has 0 aliphatic carbocycles. The fraction of sp³-hybridized carbons (Fsp3) is 0.316. The molecule has 1 aliphatic rings. The van der Waals surface area contributed by atoms with Crippen LogP contribution in [0.3, 0.4) is 0 Å². The van der Waals surface area contributed by atoms with Gasteiger partial charge in [-0.05, 0) is 55.7 Å². The van der Waals surface area contributed by atoms with Crippen LogP contribution in [-0.4, -0.2) is 32.3 Å². The Morgan fingerprint density at radius 2 is 2.04 bits per heavy atom. The molecule has 6 heteroatoms. The lowest BCUT2D eigenvalue weighted by molar-refractivity contribution is 0.0736. The van der Waals surface area contributed by atoms with Crippen LogP contribution in [0.15, 0.2) is 42.5 Å². The molecule has 2 aromatic carbocycles. The second-order valence-corrected chi connectivity index (χ2v) is 6.75. The fourth-order valence-electron chi connectivity index (χ4n) is 3.55. The Labute approximate surface area is 151 Å². The zero-order valence-electron chi connectivity index (χ0n) is 14.0. The third-order valence-corrected chi connectivity index (χ3v) is 5.08. The molecule has 5 nitrogen and oxygen atoms in total. The van der Waals surface area contributed by atoms with Gasteiger partial charge < -0.3 is 4.90 Å². The minimum atomic E-state index is 0.0467. The van der Waals surface area contributed by atoms with Crippen molar-refractivity contribution in [3.8, 4) is 0 Å². The molecule has 1 fully saturated rings. The molecule has 1 saturated heterocycles. The summed E-state index contributed by atoms with van der Waals surface area (Å²) in [5.74, 6) is 0.0467. The number of hydrogen-bond acceptors (Lipinski definition) is 3. The molecule has 1 aromatic heterocycles. The summed E-state index contributed by atoms with van der Waals surface area (Å²) in [6.07, 6.45) is 1.98. The van der Waals surface area contributed by atoms with Gasteiger partial charge in [-0.1, -0.05) is 28.9 Å². The number of nitrogens with zero attached hydrogens (tertiary/aromatic N) is 4. The summed E-state index contributed by atoms with van der Waals surface area (Å²) in [5, 5.41) is 9.00. The van der Waals surface area contributed by atoms with E-state index in [-0.39, 0.29) is 11.9 Å². The molecular formula is C19H19ClN4O. The second kappa shape index (κ2) is 6.48. The molecule has 0 radical (unpaired) electrons. The highest BCUT2D eigenvalue weighted by molar-refractivity contribution is 6.30. The summed E-state index contributed by atoms with van der Waals surface area (Å²) in [6.45, 7) is 3.55. The van der Waals surface area contributed by atoms with Gasteiger partial charge in [0.15, 0.2) is 0 Å². The van der Waals surface area contributed by atoms with E-state index in [1.54, 1.807) is 0 Å². The summed E-state index contributed by atoms with van der Waals surface area (Å²) < 4.78 is 1.83. The summed E-state index contributed by atoms with van der Waals surface area (Å²) in [5.41, 5.74) is 3.51. The van der Waals surface area contributed by atoms with E-state index >= 15 is 0 Å². The predicted molar refractivity (Wildman–Crippen MR) is 97.7 cm³/mol. The van der Waals surface area contributed by atoms with Gasteiger partial charge in [-0.3, -0.25) is 4.79 Å². The summed E-state index contributed by atoms with van der Waals surface area (Å²) >= 11 is 5.99. The fourth-order valence-corrected chi connectivity index (χ4v) is 3.67. The Kier molecular flexibility index (Phi) is 4.17. The van der Waals surface area contributed by atoms with Crippen molar-refractivity contribution >= 4 is 28.5 Å². The van der Waals surface area contributed by atoms with Gasteiger partial charge in [0.25, 0.3) is 5.91 Å². The zero-order chi connectivity index (χ0) is 17.4. The molecule has 0 saturated carbocycles. The van der Waals surface area contributed by atoms with Crippen molar-refractivity contribution in [2.45, 2.75) is 32.4 Å². The average molecular weight is 355 g/mol. The number of carbonyl (C=O) groups is 1. The van der Waals surface area contributed by atoms with Crippen molar-refractivity contribution < 1.29 is 4.79 Å². The molecule has 128 valence electrons. The lowest BCUT2D eigenvalue weighted by Gasteiger charge is -2.25. The number of rotatable bonds is 3. The maximum absolute atomic E-state index is 13.1. The standard InChI is InChI=1S/C19H19ClN4O/c1-2-24-18-10-7-14(12-16(18)21-22-24)19(25)23-11-3-4-17(23)13-5-8-15(20)9-6-13/h5-10,12,17H,2-4,11H2,1H3/t17-/m1/s1. The number of amides is 1. The van der Waals surface area contributed by atoms with Gasteiger partial charge in [0.2, 0.25) is 0 Å². The van der Waals surface area contributed by atoms with Gasteiger partial charge in [0.05, 0.1) is 11.6 Å².